The zero-order valence-corrected chi connectivity index (χ0v) is 29.5. The number of hydrogen-bond donors (Lipinski definition) is 0. The molecule has 11 aromatic rings. The molecule has 3 heteroatoms. The van der Waals surface area contributed by atoms with E-state index >= 15 is 0 Å². The molecule has 0 radical (unpaired) electrons. The lowest BCUT2D eigenvalue weighted by Crippen LogP contribution is -2.11. The molecule has 9 aromatic carbocycles. The summed E-state index contributed by atoms with van der Waals surface area (Å²) in [4.78, 5) is 2.47. The number of fused-ring (bicyclic) bond motifs is 9. The summed E-state index contributed by atoms with van der Waals surface area (Å²) < 4.78 is 9.08. The van der Waals surface area contributed by atoms with E-state index in [4.69, 9.17) is 4.42 Å². The molecule has 2 aromatic heterocycles. The minimum absolute atomic E-state index is 0.897. The standard InChI is InChI=1S/C50H31NOS/c1-2-12-33(13-3-1)38-19-10-20-41-43-30-34(26-29-46(43)52-50(38)41)32-24-27-36(28-25-32)51(44-21-11-23-48-49(44)42-18-8-9-22-47(42)53-48)45-31-35-14-4-5-15-37(35)39-16-6-7-17-40(39)45/h1-31H. The van der Waals surface area contributed by atoms with Crippen molar-refractivity contribution in [3.63, 3.8) is 0 Å². The van der Waals surface area contributed by atoms with Gasteiger partial charge in [-0.15, -0.1) is 11.3 Å². The Morgan fingerprint density at radius 3 is 1.94 bits per heavy atom. The lowest BCUT2D eigenvalue weighted by Gasteiger charge is -2.28. The molecule has 0 aliphatic rings. The van der Waals surface area contributed by atoms with Crippen molar-refractivity contribution in [2.75, 3.05) is 4.90 Å². The molecule has 0 saturated carbocycles. The maximum Gasteiger partial charge on any atom is 0.143 e. The first kappa shape index (κ1) is 30.0. The van der Waals surface area contributed by atoms with Crippen LogP contribution >= 0.6 is 11.3 Å². The predicted molar refractivity (Wildman–Crippen MR) is 227 cm³/mol. The third-order valence-corrected chi connectivity index (χ3v) is 11.8. The van der Waals surface area contributed by atoms with E-state index in [1.54, 1.807) is 0 Å². The van der Waals surface area contributed by atoms with Gasteiger partial charge >= 0.3 is 0 Å². The Morgan fingerprint density at radius 2 is 1.08 bits per heavy atom. The fraction of sp³-hybridized carbons (Fsp3) is 0. The number of hydrogen-bond acceptors (Lipinski definition) is 3. The number of anilines is 3. The summed E-state index contributed by atoms with van der Waals surface area (Å²) in [6.07, 6.45) is 0. The molecule has 0 unspecified atom stereocenters. The van der Waals surface area contributed by atoms with Gasteiger partial charge in [-0.1, -0.05) is 140 Å². The largest absolute Gasteiger partial charge is 0.455 e. The molecule has 53 heavy (non-hydrogen) atoms. The van der Waals surface area contributed by atoms with Gasteiger partial charge in [0.2, 0.25) is 0 Å². The zero-order valence-electron chi connectivity index (χ0n) is 28.7. The molecule has 2 nitrogen and oxygen atoms in total. The van der Waals surface area contributed by atoms with Gasteiger partial charge < -0.3 is 9.32 Å². The van der Waals surface area contributed by atoms with Crippen molar-refractivity contribution in [3.8, 4) is 22.3 Å². The van der Waals surface area contributed by atoms with Gasteiger partial charge in [-0.25, -0.2) is 0 Å². The van der Waals surface area contributed by atoms with Crippen LogP contribution in [0.15, 0.2) is 192 Å². The average Bonchev–Trinajstić information content (AvgIpc) is 3.80. The van der Waals surface area contributed by atoms with Gasteiger partial charge in [0.25, 0.3) is 0 Å². The van der Waals surface area contributed by atoms with Crippen LogP contribution in [0.25, 0.3) is 85.9 Å². The molecule has 0 aliphatic heterocycles. The highest BCUT2D eigenvalue weighted by molar-refractivity contribution is 7.26. The summed E-state index contributed by atoms with van der Waals surface area (Å²) in [6, 6.07) is 68.0. The molecular formula is C50H31NOS. The lowest BCUT2D eigenvalue weighted by atomic mass is 9.98. The molecule has 0 saturated heterocycles. The van der Waals surface area contributed by atoms with Crippen LogP contribution in [-0.2, 0) is 0 Å². The number of rotatable bonds is 5. The molecule has 0 bridgehead atoms. The van der Waals surface area contributed by atoms with Crippen molar-refractivity contribution in [2.24, 2.45) is 0 Å². The van der Waals surface area contributed by atoms with E-state index < -0.39 is 0 Å². The fourth-order valence-electron chi connectivity index (χ4n) is 8.20. The number of nitrogens with zero attached hydrogens (tertiary/aromatic N) is 1. The van der Waals surface area contributed by atoms with E-state index in [0.717, 1.165) is 55.6 Å². The van der Waals surface area contributed by atoms with Gasteiger partial charge in [-0.3, -0.25) is 0 Å². The SMILES string of the molecule is c1ccc(-c2cccc3c2oc2ccc(-c4ccc(N(c5cc6ccccc6c6ccccc56)c5cccc6sc7ccccc7c56)cc4)cc23)cc1. The smallest absolute Gasteiger partial charge is 0.143 e. The molecular weight excluding hydrogens is 663 g/mol. The minimum atomic E-state index is 0.897. The minimum Gasteiger partial charge on any atom is -0.455 e. The van der Waals surface area contributed by atoms with Crippen molar-refractivity contribution in [1.82, 2.24) is 0 Å². The Kier molecular flexibility index (Phi) is 6.76. The summed E-state index contributed by atoms with van der Waals surface area (Å²) in [7, 11) is 0. The lowest BCUT2D eigenvalue weighted by molar-refractivity contribution is 0.670. The van der Waals surface area contributed by atoms with Crippen molar-refractivity contribution < 1.29 is 4.42 Å². The summed E-state index contributed by atoms with van der Waals surface area (Å²) in [5.74, 6) is 0. The normalized spacial score (nSPS) is 11.8. The quantitative estimate of drug-likeness (QED) is 0.167. The summed E-state index contributed by atoms with van der Waals surface area (Å²) in [5, 5.41) is 9.78. The van der Waals surface area contributed by atoms with Crippen molar-refractivity contribution in [3.05, 3.63) is 188 Å². The monoisotopic (exact) mass is 693 g/mol. The predicted octanol–water partition coefficient (Wildman–Crippen LogP) is 15.1. The van der Waals surface area contributed by atoms with E-state index in [2.05, 4.69) is 187 Å². The highest BCUT2D eigenvalue weighted by atomic mass is 32.1. The number of furan rings is 1. The van der Waals surface area contributed by atoms with Crippen LogP contribution in [0.3, 0.4) is 0 Å². The van der Waals surface area contributed by atoms with Crippen molar-refractivity contribution in [1.29, 1.82) is 0 Å². The summed E-state index contributed by atoms with van der Waals surface area (Å²) >= 11 is 1.86. The molecule has 11 rings (SSSR count). The third-order valence-electron chi connectivity index (χ3n) is 10.6. The molecule has 248 valence electrons. The van der Waals surface area contributed by atoms with E-state index in [1.807, 2.05) is 17.4 Å². The van der Waals surface area contributed by atoms with Gasteiger partial charge in [-0.2, -0.15) is 0 Å². The van der Waals surface area contributed by atoms with Gasteiger partial charge in [-0.05, 0) is 81.4 Å². The summed E-state index contributed by atoms with van der Waals surface area (Å²) in [5.41, 5.74) is 9.85. The highest BCUT2D eigenvalue weighted by Crippen LogP contribution is 2.48. The van der Waals surface area contributed by atoms with Crippen LogP contribution < -0.4 is 4.90 Å². The molecule has 2 heterocycles. The second-order valence-corrected chi connectivity index (χ2v) is 14.7. The summed E-state index contributed by atoms with van der Waals surface area (Å²) in [6.45, 7) is 0. The number of thiophene rings is 1. The topological polar surface area (TPSA) is 16.4 Å². The Balaban J connectivity index is 1.09. The van der Waals surface area contributed by atoms with Crippen LogP contribution in [-0.4, -0.2) is 0 Å². The van der Waals surface area contributed by atoms with Gasteiger partial charge in [0.05, 0.1) is 11.4 Å². The van der Waals surface area contributed by atoms with Crippen LogP contribution in [0.1, 0.15) is 0 Å². The zero-order chi connectivity index (χ0) is 34.9. The first-order valence-corrected chi connectivity index (χ1v) is 18.8. The Labute approximate surface area is 310 Å². The Morgan fingerprint density at radius 1 is 0.396 bits per heavy atom. The first-order valence-electron chi connectivity index (χ1n) is 18.0. The van der Waals surface area contributed by atoms with Crippen LogP contribution in [0.5, 0.6) is 0 Å². The van der Waals surface area contributed by atoms with Crippen molar-refractivity contribution >= 4 is 92.1 Å². The maximum absolute atomic E-state index is 6.50. The molecule has 0 spiro atoms. The maximum atomic E-state index is 6.50. The molecule has 0 aliphatic carbocycles. The van der Waals surface area contributed by atoms with Gasteiger partial charge in [0.15, 0.2) is 0 Å². The first-order chi connectivity index (χ1) is 26.3. The van der Waals surface area contributed by atoms with Gasteiger partial charge in [0, 0.05) is 47.6 Å². The molecule has 0 atom stereocenters. The number of para-hydroxylation sites is 1. The van der Waals surface area contributed by atoms with E-state index in [0.29, 0.717) is 0 Å². The van der Waals surface area contributed by atoms with E-state index in [1.165, 1.54) is 47.4 Å². The van der Waals surface area contributed by atoms with Crippen LogP contribution in [0, 0.1) is 0 Å². The van der Waals surface area contributed by atoms with Crippen LogP contribution in [0.2, 0.25) is 0 Å². The average molecular weight is 694 g/mol. The highest BCUT2D eigenvalue weighted by Gasteiger charge is 2.21. The van der Waals surface area contributed by atoms with Gasteiger partial charge in [0.1, 0.15) is 11.2 Å². The Bertz CT molecular complexity index is 3170. The van der Waals surface area contributed by atoms with E-state index in [9.17, 15) is 0 Å². The van der Waals surface area contributed by atoms with Crippen molar-refractivity contribution in [2.45, 2.75) is 0 Å². The van der Waals surface area contributed by atoms with Crippen LogP contribution in [0.4, 0.5) is 17.1 Å². The van der Waals surface area contributed by atoms with E-state index in [-0.39, 0.29) is 0 Å². The fourth-order valence-corrected chi connectivity index (χ4v) is 9.32. The second kappa shape index (κ2) is 11.9. The molecule has 0 N–H and O–H groups in total. The number of benzene rings is 9. The molecule has 0 fully saturated rings. The molecule has 0 amide bonds. The second-order valence-electron chi connectivity index (χ2n) is 13.7. The Hall–Kier alpha value is -6.68. The third kappa shape index (κ3) is 4.78.